The van der Waals surface area contributed by atoms with Crippen LogP contribution < -0.4 is 10.2 Å². The van der Waals surface area contributed by atoms with Crippen molar-refractivity contribution in [1.82, 2.24) is 20.1 Å². The first-order valence-corrected chi connectivity index (χ1v) is 9.87. The number of amides is 1. The minimum absolute atomic E-state index is 0.0905. The number of hydrogen-bond acceptors (Lipinski definition) is 6. The highest BCUT2D eigenvalue weighted by Gasteiger charge is 2.24. The molecule has 0 unspecified atom stereocenters. The molecule has 1 aromatic carbocycles. The first kappa shape index (κ1) is 19.4. The second-order valence-corrected chi connectivity index (χ2v) is 7.36. The Balaban J connectivity index is 1.36. The predicted molar refractivity (Wildman–Crippen MR) is 114 cm³/mol. The number of halogens is 2. The summed E-state index contributed by atoms with van der Waals surface area (Å²) in [7, 11) is 0. The Kier molecular flexibility index (Phi) is 5.78. The van der Waals surface area contributed by atoms with Gasteiger partial charge in [-0.25, -0.2) is 4.98 Å². The zero-order valence-corrected chi connectivity index (χ0v) is 16.9. The van der Waals surface area contributed by atoms with E-state index in [2.05, 4.69) is 25.4 Å². The van der Waals surface area contributed by atoms with Gasteiger partial charge in [0, 0.05) is 37.4 Å². The Bertz CT molecular complexity index is 992. The van der Waals surface area contributed by atoms with Gasteiger partial charge in [-0.15, -0.1) is 10.2 Å². The lowest BCUT2D eigenvalue weighted by atomic mass is 10.2. The van der Waals surface area contributed by atoms with E-state index in [4.69, 9.17) is 23.2 Å². The van der Waals surface area contributed by atoms with Crippen molar-refractivity contribution in [1.29, 1.82) is 0 Å². The summed E-state index contributed by atoms with van der Waals surface area (Å²) in [6.45, 7) is 2.48. The molecule has 0 aliphatic carbocycles. The molecule has 1 amide bonds. The molecule has 0 radical (unpaired) electrons. The van der Waals surface area contributed by atoms with E-state index in [9.17, 15) is 4.79 Å². The van der Waals surface area contributed by atoms with E-state index in [1.165, 1.54) is 0 Å². The maximum atomic E-state index is 12.7. The van der Waals surface area contributed by atoms with Crippen LogP contribution in [0.25, 0.3) is 0 Å². The number of piperazine rings is 1. The van der Waals surface area contributed by atoms with Gasteiger partial charge >= 0.3 is 0 Å². The summed E-state index contributed by atoms with van der Waals surface area (Å²) >= 11 is 12.1. The van der Waals surface area contributed by atoms with Crippen molar-refractivity contribution >= 4 is 46.6 Å². The van der Waals surface area contributed by atoms with Crippen LogP contribution in [0.1, 0.15) is 10.4 Å². The monoisotopic (exact) mass is 428 g/mol. The fraction of sp³-hybridized carbons (Fsp3) is 0.200. The van der Waals surface area contributed by atoms with Crippen molar-refractivity contribution in [2.45, 2.75) is 0 Å². The number of carbonyl (C=O) groups is 1. The zero-order chi connectivity index (χ0) is 20.2. The Morgan fingerprint density at radius 1 is 0.931 bits per heavy atom. The molecule has 0 atom stereocenters. The molecule has 1 fully saturated rings. The summed E-state index contributed by atoms with van der Waals surface area (Å²) < 4.78 is 0. The van der Waals surface area contributed by atoms with Crippen molar-refractivity contribution in [3.8, 4) is 0 Å². The number of benzene rings is 1. The predicted octanol–water partition coefficient (Wildman–Crippen LogP) is 3.88. The summed E-state index contributed by atoms with van der Waals surface area (Å²) in [6.07, 6.45) is 1.71. The van der Waals surface area contributed by atoms with Gasteiger partial charge in [0.05, 0.1) is 10.6 Å². The van der Waals surface area contributed by atoms with Gasteiger partial charge in [0.1, 0.15) is 5.82 Å². The van der Waals surface area contributed by atoms with E-state index in [0.29, 0.717) is 53.4 Å². The molecule has 3 aromatic rings. The van der Waals surface area contributed by atoms with E-state index < -0.39 is 0 Å². The number of anilines is 3. The molecule has 7 nitrogen and oxygen atoms in total. The highest BCUT2D eigenvalue weighted by Crippen LogP contribution is 2.23. The summed E-state index contributed by atoms with van der Waals surface area (Å²) in [6, 6.07) is 14.3. The van der Waals surface area contributed by atoms with E-state index in [1.807, 2.05) is 30.3 Å². The number of nitrogens with zero attached hydrogens (tertiary/aromatic N) is 5. The normalized spacial score (nSPS) is 14.0. The Morgan fingerprint density at radius 2 is 1.76 bits per heavy atom. The summed E-state index contributed by atoms with van der Waals surface area (Å²) in [4.78, 5) is 20.8. The van der Waals surface area contributed by atoms with Crippen molar-refractivity contribution in [2.24, 2.45) is 0 Å². The average Bonchev–Trinajstić information content (AvgIpc) is 2.75. The molecule has 0 saturated carbocycles. The van der Waals surface area contributed by atoms with Gasteiger partial charge < -0.3 is 15.1 Å². The van der Waals surface area contributed by atoms with Gasteiger partial charge in [-0.3, -0.25) is 4.79 Å². The minimum Gasteiger partial charge on any atom is -0.352 e. The van der Waals surface area contributed by atoms with Gasteiger partial charge in [0.25, 0.3) is 5.91 Å². The van der Waals surface area contributed by atoms with Gasteiger partial charge in [-0.1, -0.05) is 29.3 Å². The fourth-order valence-electron chi connectivity index (χ4n) is 3.10. The average molecular weight is 429 g/mol. The summed E-state index contributed by atoms with van der Waals surface area (Å²) in [5.74, 6) is 2.02. The highest BCUT2D eigenvalue weighted by molar-refractivity contribution is 6.36. The van der Waals surface area contributed by atoms with Gasteiger partial charge in [0.15, 0.2) is 11.6 Å². The molecule has 9 heteroatoms. The second kappa shape index (κ2) is 8.63. The van der Waals surface area contributed by atoms with Crippen LogP contribution in [0.5, 0.6) is 0 Å². The maximum Gasteiger partial charge on any atom is 0.255 e. The number of carbonyl (C=O) groups excluding carboxylic acids is 1. The first-order valence-electron chi connectivity index (χ1n) is 9.11. The lowest BCUT2D eigenvalue weighted by Crippen LogP contribution is -2.49. The van der Waals surface area contributed by atoms with Crippen molar-refractivity contribution < 1.29 is 4.79 Å². The lowest BCUT2D eigenvalue weighted by Gasteiger charge is -2.35. The molecule has 2 aromatic heterocycles. The van der Waals surface area contributed by atoms with E-state index in [-0.39, 0.29) is 5.91 Å². The standard InChI is InChI=1S/C20H18Cl2N6O/c21-14-4-5-15(16(22)13-14)20(29)28-11-9-27(10-12-28)19-7-6-18(25-26-19)24-17-3-1-2-8-23-17/h1-8,13H,9-12H2,(H,23,24,25). The van der Waals surface area contributed by atoms with E-state index >= 15 is 0 Å². The number of pyridine rings is 1. The summed E-state index contributed by atoms with van der Waals surface area (Å²) in [5, 5.41) is 12.5. The van der Waals surface area contributed by atoms with Crippen LogP contribution in [-0.2, 0) is 0 Å². The molecule has 1 N–H and O–H groups in total. The molecular formula is C20H18Cl2N6O. The van der Waals surface area contributed by atoms with Crippen molar-refractivity contribution in [2.75, 3.05) is 36.4 Å². The summed E-state index contributed by atoms with van der Waals surface area (Å²) in [5.41, 5.74) is 0.467. The molecule has 0 spiro atoms. The molecule has 4 rings (SSSR count). The number of rotatable bonds is 4. The third kappa shape index (κ3) is 4.58. The Morgan fingerprint density at radius 3 is 2.41 bits per heavy atom. The molecule has 1 aliphatic heterocycles. The number of hydrogen-bond donors (Lipinski definition) is 1. The van der Waals surface area contributed by atoms with Crippen LogP contribution in [0.15, 0.2) is 54.7 Å². The van der Waals surface area contributed by atoms with Crippen molar-refractivity contribution in [3.05, 3.63) is 70.3 Å². The molecule has 1 aliphatic rings. The minimum atomic E-state index is -0.0905. The SMILES string of the molecule is O=C(c1ccc(Cl)cc1Cl)N1CCN(c2ccc(Nc3ccccn3)nn2)CC1. The van der Waals surface area contributed by atoms with Crippen LogP contribution in [-0.4, -0.2) is 52.2 Å². The van der Waals surface area contributed by atoms with Crippen LogP contribution in [0.4, 0.5) is 17.5 Å². The van der Waals surface area contributed by atoms with Gasteiger partial charge in [-0.05, 0) is 42.5 Å². The van der Waals surface area contributed by atoms with E-state index in [0.717, 1.165) is 5.82 Å². The Labute approximate surface area is 178 Å². The Hall–Kier alpha value is -2.90. The third-order valence-corrected chi connectivity index (χ3v) is 5.17. The van der Waals surface area contributed by atoms with Crippen molar-refractivity contribution in [3.63, 3.8) is 0 Å². The molecule has 3 heterocycles. The number of aromatic nitrogens is 3. The largest absolute Gasteiger partial charge is 0.352 e. The molecular weight excluding hydrogens is 411 g/mol. The molecule has 148 valence electrons. The van der Waals surface area contributed by atoms with Gasteiger partial charge in [-0.2, -0.15) is 0 Å². The first-order chi connectivity index (χ1) is 14.1. The molecule has 29 heavy (non-hydrogen) atoms. The topological polar surface area (TPSA) is 74.2 Å². The quantitative estimate of drug-likeness (QED) is 0.679. The van der Waals surface area contributed by atoms with Crippen LogP contribution in [0.3, 0.4) is 0 Å². The van der Waals surface area contributed by atoms with Crippen LogP contribution >= 0.6 is 23.2 Å². The van der Waals surface area contributed by atoms with Crippen LogP contribution in [0, 0.1) is 0 Å². The maximum absolute atomic E-state index is 12.7. The third-order valence-electron chi connectivity index (χ3n) is 4.62. The smallest absolute Gasteiger partial charge is 0.255 e. The van der Waals surface area contributed by atoms with E-state index in [1.54, 1.807) is 29.3 Å². The highest BCUT2D eigenvalue weighted by atomic mass is 35.5. The van der Waals surface area contributed by atoms with Gasteiger partial charge in [0.2, 0.25) is 0 Å². The van der Waals surface area contributed by atoms with Crippen LogP contribution in [0.2, 0.25) is 10.0 Å². The molecule has 0 bridgehead atoms. The fourth-order valence-corrected chi connectivity index (χ4v) is 3.59. The zero-order valence-electron chi connectivity index (χ0n) is 15.4. The second-order valence-electron chi connectivity index (χ2n) is 6.52. The molecule has 1 saturated heterocycles. The number of nitrogens with one attached hydrogen (secondary N) is 1. The lowest BCUT2D eigenvalue weighted by molar-refractivity contribution is 0.0746.